The highest BCUT2D eigenvalue weighted by Crippen LogP contribution is 2.11. The molecule has 78 valence electrons. The van der Waals surface area contributed by atoms with Gasteiger partial charge in [0.1, 0.15) is 5.75 Å². The van der Waals surface area contributed by atoms with Crippen molar-refractivity contribution in [3.63, 3.8) is 0 Å². The number of carbonyl (C=O) groups is 1. The summed E-state index contributed by atoms with van der Waals surface area (Å²) in [6, 6.07) is 6.32. The van der Waals surface area contributed by atoms with Crippen LogP contribution in [0.4, 0.5) is 0 Å². The smallest absolute Gasteiger partial charge is 0.225 e. The van der Waals surface area contributed by atoms with Gasteiger partial charge in [0.15, 0.2) is 0 Å². The Hall–Kier alpha value is -1.95. The van der Waals surface area contributed by atoms with Crippen LogP contribution in [0, 0.1) is 12.3 Å². The van der Waals surface area contributed by atoms with E-state index in [0.29, 0.717) is 0 Å². The Kier molecular flexibility index (Phi) is 3.75. The highest BCUT2D eigenvalue weighted by atomic mass is 16.3. The topological polar surface area (TPSA) is 49.3 Å². The first-order chi connectivity index (χ1) is 7.11. The van der Waals surface area contributed by atoms with E-state index in [1.165, 1.54) is 0 Å². The molecule has 1 atom stereocenters. The second kappa shape index (κ2) is 5.06. The molecular weight excluding hydrogens is 190 g/mol. The maximum atomic E-state index is 11.4. The SMILES string of the molecule is C#CC(C)NC(=O)Cc1cccc(O)c1. The first-order valence-electron chi connectivity index (χ1n) is 4.65. The van der Waals surface area contributed by atoms with Crippen molar-refractivity contribution in [2.45, 2.75) is 19.4 Å². The van der Waals surface area contributed by atoms with Crippen LogP contribution in [0.1, 0.15) is 12.5 Å². The largest absolute Gasteiger partial charge is 0.508 e. The maximum absolute atomic E-state index is 11.4. The lowest BCUT2D eigenvalue weighted by Crippen LogP contribution is -2.32. The van der Waals surface area contributed by atoms with Crippen LogP contribution in [-0.4, -0.2) is 17.1 Å². The monoisotopic (exact) mass is 203 g/mol. The Morgan fingerprint density at radius 2 is 2.40 bits per heavy atom. The zero-order valence-corrected chi connectivity index (χ0v) is 8.53. The second-order valence-corrected chi connectivity index (χ2v) is 3.30. The molecule has 0 heterocycles. The minimum Gasteiger partial charge on any atom is -0.508 e. The normalized spacial score (nSPS) is 11.5. The molecule has 1 aromatic carbocycles. The summed E-state index contributed by atoms with van der Waals surface area (Å²) in [6.45, 7) is 1.74. The molecule has 0 radical (unpaired) electrons. The molecule has 0 aliphatic heterocycles. The van der Waals surface area contributed by atoms with Gasteiger partial charge in [-0.1, -0.05) is 18.1 Å². The summed E-state index contributed by atoms with van der Waals surface area (Å²) >= 11 is 0. The van der Waals surface area contributed by atoms with Gasteiger partial charge in [-0.3, -0.25) is 4.79 Å². The molecule has 0 spiro atoms. The quantitative estimate of drug-likeness (QED) is 0.722. The Bertz CT molecular complexity index is 393. The van der Waals surface area contributed by atoms with Crippen LogP contribution in [0.15, 0.2) is 24.3 Å². The molecule has 15 heavy (non-hydrogen) atoms. The Morgan fingerprint density at radius 3 is 3.00 bits per heavy atom. The van der Waals surface area contributed by atoms with E-state index in [2.05, 4.69) is 11.2 Å². The van der Waals surface area contributed by atoms with Crippen molar-refractivity contribution in [1.82, 2.24) is 5.32 Å². The van der Waals surface area contributed by atoms with E-state index < -0.39 is 0 Å². The van der Waals surface area contributed by atoms with Crippen molar-refractivity contribution in [2.75, 3.05) is 0 Å². The summed E-state index contributed by atoms with van der Waals surface area (Å²) in [5.41, 5.74) is 0.761. The molecule has 0 aromatic heterocycles. The van der Waals surface area contributed by atoms with Gasteiger partial charge in [-0.15, -0.1) is 6.42 Å². The van der Waals surface area contributed by atoms with Crippen molar-refractivity contribution in [2.24, 2.45) is 0 Å². The van der Waals surface area contributed by atoms with Gasteiger partial charge in [0, 0.05) is 0 Å². The number of terminal acetylenes is 1. The molecule has 1 rings (SSSR count). The van der Waals surface area contributed by atoms with E-state index in [-0.39, 0.29) is 24.1 Å². The summed E-state index contributed by atoms with van der Waals surface area (Å²) in [5.74, 6) is 2.42. The fraction of sp³-hybridized carbons (Fsp3) is 0.250. The number of phenols is 1. The third-order valence-electron chi connectivity index (χ3n) is 1.90. The molecule has 3 heteroatoms. The van der Waals surface area contributed by atoms with Gasteiger partial charge < -0.3 is 10.4 Å². The third-order valence-corrected chi connectivity index (χ3v) is 1.90. The van der Waals surface area contributed by atoms with Gasteiger partial charge in [0.2, 0.25) is 5.91 Å². The van der Waals surface area contributed by atoms with E-state index >= 15 is 0 Å². The van der Waals surface area contributed by atoms with Gasteiger partial charge in [0.05, 0.1) is 12.5 Å². The molecule has 2 N–H and O–H groups in total. The molecule has 0 aliphatic carbocycles. The minimum absolute atomic E-state index is 0.147. The lowest BCUT2D eigenvalue weighted by Gasteiger charge is -2.07. The molecule has 0 fully saturated rings. The van der Waals surface area contributed by atoms with Gasteiger partial charge in [-0.05, 0) is 24.6 Å². The predicted molar refractivity (Wildman–Crippen MR) is 58.2 cm³/mol. The average molecular weight is 203 g/mol. The number of benzene rings is 1. The molecule has 0 saturated carbocycles. The Morgan fingerprint density at radius 1 is 1.67 bits per heavy atom. The van der Waals surface area contributed by atoms with Crippen molar-refractivity contribution in [3.05, 3.63) is 29.8 Å². The third kappa shape index (κ3) is 3.74. The molecule has 3 nitrogen and oxygen atoms in total. The average Bonchev–Trinajstić information content (AvgIpc) is 2.17. The van der Waals surface area contributed by atoms with Crippen LogP contribution < -0.4 is 5.32 Å². The van der Waals surface area contributed by atoms with Crippen molar-refractivity contribution in [1.29, 1.82) is 0 Å². The number of amides is 1. The fourth-order valence-electron chi connectivity index (χ4n) is 1.19. The molecule has 1 unspecified atom stereocenters. The number of hydrogen-bond acceptors (Lipinski definition) is 2. The molecule has 1 aromatic rings. The first kappa shape index (κ1) is 11.1. The molecule has 0 bridgehead atoms. The van der Waals surface area contributed by atoms with Crippen LogP contribution in [0.5, 0.6) is 5.75 Å². The fourth-order valence-corrected chi connectivity index (χ4v) is 1.19. The maximum Gasteiger partial charge on any atom is 0.225 e. The number of rotatable bonds is 3. The van der Waals surface area contributed by atoms with E-state index in [9.17, 15) is 9.90 Å². The van der Waals surface area contributed by atoms with Crippen molar-refractivity contribution in [3.8, 4) is 18.1 Å². The van der Waals surface area contributed by atoms with Crippen molar-refractivity contribution >= 4 is 5.91 Å². The molecule has 0 aliphatic rings. The number of carbonyl (C=O) groups excluding carboxylic acids is 1. The number of phenolic OH excluding ortho intramolecular Hbond substituents is 1. The highest BCUT2D eigenvalue weighted by Gasteiger charge is 2.05. The summed E-state index contributed by atoms with van der Waals surface area (Å²) in [6.07, 6.45) is 5.36. The molecular formula is C12H13NO2. The number of aromatic hydroxyl groups is 1. The zero-order chi connectivity index (χ0) is 11.3. The Balaban J connectivity index is 2.56. The van der Waals surface area contributed by atoms with E-state index in [1.807, 2.05) is 0 Å². The molecule has 1 amide bonds. The highest BCUT2D eigenvalue weighted by molar-refractivity contribution is 5.79. The lowest BCUT2D eigenvalue weighted by molar-refractivity contribution is -0.120. The first-order valence-corrected chi connectivity index (χ1v) is 4.65. The Labute approximate surface area is 89.1 Å². The second-order valence-electron chi connectivity index (χ2n) is 3.30. The number of nitrogens with one attached hydrogen (secondary N) is 1. The summed E-state index contributed by atoms with van der Waals surface area (Å²) in [5, 5.41) is 11.8. The predicted octanol–water partition coefficient (Wildman–Crippen LogP) is 1.07. The van der Waals surface area contributed by atoms with Gasteiger partial charge in [-0.25, -0.2) is 0 Å². The van der Waals surface area contributed by atoms with Crippen LogP contribution in [0.2, 0.25) is 0 Å². The van der Waals surface area contributed by atoms with Crippen LogP contribution in [-0.2, 0) is 11.2 Å². The summed E-state index contributed by atoms with van der Waals surface area (Å²) < 4.78 is 0. The van der Waals surface area contributed by atoms with Gasteiger partial charge in [-0.2, -0.15) is 0 Å². The minimum atomic E-state index is -0.269. The van der Waals surface area contributed by atoms with Crippen LogP contribution in [0.3, 0.4) is 0 Å². The van der Waals surface area contributed by atoms with Crippen molar-refractivity contribution < 1.29 is 9.90 Å². The standard InChI is InChI=1S/C12H13NO2/c1-3-9(2)13-12(15)8-10-5-4-6-11(14)7-10/h1,4-7,9,14H,8H2,2H3,(H,13,15). The lowest BCUT2D eigenvalue weighted by atomic mass is 10.1. The molecule has 0 saturated heterocycles. The van der Waals surface area contributed by atoms with E-state index in [1.54, 1.807) is 31.2 Å². The summed E-state index contributed by atoms with van der Waals surface area (Å²) in [7, 11) is 0. The van der Waals surface area contributed by atoms with E-state index in [0.717, 1.165) is 5.56 Å². The van der Waals surface area contributed by atoms with Crippen LogP contribution >= 0.6 is 0 Å². The van der Waals surface area contributed by atoms with Crippen LogP contribution in [0.25, 0.3) is 0 Å². The zero-order valence-electron chi connectivity index (χ0n) is 8.53. The summed E-state index contributed by atoms with van der Waals surface area (Å²) in [4.78, 5) is 11.4. The van der Waals surface area contributed by atoms with E-state index in [4.69, 9.17) is 6.42 Å². The number of hydrogen-bond donors (Lipinski definition) is 2. The van der Waals surface area contributed by atoms with Gasteiger partial charge in [0.25, 0.3) is 0 Å². The van der Waals surface area contributed by atoms with Gasteiger partial charge >= 0.3 is 0 Å².